The van der Waals surface area contributed by atoms with Gasteiger partial charge in [0.15, 0.2) is 18.2 Å². The monoisotopic (exact) mass is 479 g/mol. The summed E-state index contributed by atoms with van der Waals surface area (Å²) in [7, 11) is 0. The molecular weight excluding hydrogens is 434 g/mol. The van der Waals surface area contributed by atoms with Gasteiger partial charge in [-0.25, -0.2) is 4.99 Å². The Hall–Kier alpha value is -2.16. The number of nitrogens with two attached hydrogens (primary N) is 1. The number of amides is 1. The highest BCUT2D eigenvalue weighted by Crippen LogP contribution is 2.18. The SMILES string of the molecule is CCCCCCCCCCCCCCCCC(=O)OCCOCN1C=NC2C(=O)NC(N)=NC21. The van der Waals surface area contributed by atoms with E-state index in [0.717, 1.165) is 12.8 Å². The quantitative estimate of drug-likeness (QED) is 0.202. The first kappa shape index (κ1) is 28.1. The molecule has 2 atom stereocenters. The molecule has 34 heavy (non-hydrogen) atoms. The van der Waals surface area contributed by atoms with Crippen molar-refractivity contribution in [2.24, 2.45) is 15.7 Å². The summed E-state index contributed by atoms with van der Waals surface area (Å²) in [6.07, 6.45) is 19.7. The van der Waals surface area contributed by atoms with Crippen LogP contribution in [0, 0.1) is 0 Å². The normalized spacial score (nSPS) is 19.1. The van der Waals surface area contributed by atoms with Crippen LogP contribution in [0.5, 0.6) is 0 Å². The minimum Gasteiger partial charge on any atom is -0.463 e. The molecule has 0 aromatic rings. The summed E-state index contributed by atoms with van der Waals surface area (Å²) in [6, 6.07) is -0.598. The number of guanidine groups is 1. The molecule has 0 aromatic heterocycles. The number of nitrogens with zero attached hydrogens (tertiary/aromatic N) is 3. The molecule has 1 amide bonds. The first-order valence-corrected chi connectivity index (χ1v) is 13.3. The Bertz CT molecular complexity index is 655. The summed E-state index contributed by atoms with van der Waals surface area (Å²) < 4.78 is 10.8. The van der Waals surface area contributed by atoms with Gasteiger partial charge in [0.25, 0.3) is 5.91 Å². The summed E-state index contributed by atoms with van der Waals surface area (Å²) >= 11 is 0. The van der Waals surface area contributed by atoms with Gasteiger partial charge in [-0.2, -0.15) is 0 Å². The van der Waals surface area contributed by atoms with Crippen molar-refractivity contribution in [3.05, 3.63) is 0 Å². The van der Waals surface area contributed by atoms with Gasteiger partial charge in [0.05, 0.1) is 12.9 Å². The van der Waals surface area contributed by atoms with E-state index in [1.54, 1.807) is 11.2 Å². The maximum atomic E-state index is 11.9. The minimum absolute atomic E-state index is 0.0826. The van der Waals surface area contributed by atoms with E-state index in [-0.39, 0.29) is 37.8 Å². The van der Waals surface area contributed by atoms with E-state index in [1.807, 2.05) is 0 Å². The predicted octanol–water partition coefficient (Wildman–Crippen LogP) is 3.86. The van der Waals surface area contributed by atoms with E-state index in [4.69, 9.17) is 15.2 Å². The van der Waals surface area contributed by atoms with Gasteiger partial charge in [-0.05, 0) is 6.42 Å². The van der Waals surface area contributed by atoms with Crippen LogP contribution in [0.2, 0.25) is 0 Å². The van der Waals surface area contributed by atoms with Crippen molar-refractivity contribution in [1.82, 2.24) is 10.2 Å². The van der Waals surface area contributed by atoms with Crippen LogP contribution in [0.3, 0.4) is 0 Å². The lowest BCUT2D eigenvalue weighted by Gasteiger charge is -2.27. The van der Waals surface area contributed by atoms with E-state index < -0.39 is 12.2 Å². The molecule has 0 bridgehead atoms. The Balaban J connectivity index is 1.34. The Labute approximate surface area is 204 Å². The van der Waals surface area contributed by atoms with Crippen LogP contribution in [-0.4, -0.2) is 61.2 Å². The highest BCUT2D eigenvalue weighted by Gasteiger charge is 2.39. The lowest BCUT2D eigenvalue weighted by Crippen LogP contribution is -2.54. The van der Waals surface area contributed by atoms with E-state index in [0.29, 0.717) is 6.42 Å². The number of fused-ring (bicyclic) bond motifs is 1. The molecular formula is C25H45N5O4. The first-order chi connectivity index (χ1) is 16.6. The summed E-state index contributed by atoms with van der Waals surface area (Å²) in [5.41, 5.74) is 5.60. The molecule has 0 saturated carbocycles. The number of rotatable bonds is 20. The average molecular weight is 480 g/mol. The number of carbonyl (C=O) groups excluding carboxylic acids is 2. The number of aliphatic imine (C=N–C) groups is 2. The lowest BCUT2D eigenvalue weighted by molar-refractivity contribution is -0.145. The molecule has 2 unspecified atom stereocenters. The predicted molar refractivity (Wildman–Crippen MR) is 134 cm³/mol. The molecule has 9 nitrogen and oxygen atoms in total. The lowest BCUT2D eigenvalue weighted by atomic mass is 10.0. The van der Waals surface area contributed by atoms with Crippen molar-refractivity contribution in [1.29, 1.82) is 0 Å². The highest BCUT2D eigenvalue weighted by atomic mass is 16.6. The third kappa shape index (κ3) is 11.3. The van der Waals surface area contributed by atoms with Gasteiger partial charge < -0.3 is 20.1 Å². The van der Waals surface area contributed by atoms with Gasteiger partial charge in [-0.1, -0.05) is 90.4 Å². The summed E-state index contributed by atoms with van der Waals surface area (Å²) in [5.74, 6) is -0.362. The van der Waals surface area contributed by atoms with Crippen LogP contribution in [0.25, 0.3) is 0 Å². The Morgan fingerprint density at radius 1 is 0.971 bits per heavy atom. The summed E-state index contributed by atoms with van der Waals surface area (Å²) in [6.45, 7) is 2.95. The number of hydrogen-bond donors (Lipinski definition) is 2. The second-order valence-corrected chi connectivity index (χ2v) is 9.24. The van der Waals surface area contributed by atoms with Crippen molar-refractivity contribution in [2.45, 2.75) is 115 Å². The van der Waals surface area contributed by atoms with Crippen molar-refractivity contribution < 1.29 is 19.1 Å². The van der Waals surface area contributed by atoms with Gasteiger partial charge in [0.1, 0.15) is 13.3 Å². The molecule has 194 valence electrons. The van der Waals surface area contributed by atoms with Gasteiger partial charge in [0, 0.05) is 6.42 Å². The van der Waals surface area contributed by atoms with E-state index in [1.165, 1.54) is 77.0 Å². The highest BCUT2D eigenvalue weighted by molar-refractivity contribution is 6.02. The van der Waals surface area contributed by atoms with Crippen LogP contribution in [-0.2, 0) is 19.1 Å². The molecule has 2 aliphatic rings. The third-order valence-corrected chi connectivity index (χ3v) is 6.25. The Morgan fingerprint density at radius 2 is 1.56 bits per heavy atom. The number of carbonyl (C=O) groups is 2. The number of esters is 1. The Kier molecular flexibility index (Phi) is 14.3. The molecule has 2 heterocycles. The average Bonchev–Trinajstić information content (AvgIpc) is 3.22. The van der Waals surface area contributed by atoms with Crippen molar-refractivity contribution in [2.75, 3.05) is 19.9 Å². The third-order valence-electron chi connectivity index (χ3n) is 6.25. The van der Waals surface area contributed by atoms with E-state index >= 15 is 0 Å². The van der Waals surface area contributed by atoms with Crippen LogP contribution in [0.15, 0.2) is 9.98 Å². The maximum Gasteiger partial charge on any atom is 0.305 e. The zero-order valence-electron chi connectivity index (χ0n) is 21.0. The van der Waals surface area contributed by atoms with Crippen LogP contribution >= 0.6 is 0 Å². The summed E-state index contributed by atoms with van der Waals surface area (Å²) in [4.78, 5) is 33.7. The molecule has 2 rings (SSSR count). The number of unbranched alkanes of at least 4 members (excludes halogenated alkanes) is 13. The van der Waals surface area contributed by atoms with Crippen LogP contribution in [0.1, 0.15) is 103 Å². The fourth-order valence-corrected chi connectivity index (χ4v) is 4.24. The number of ether oxygens (including phenoxy) is 2. The molecule has 3 N–H and O–H groups in total. The van der Waals surface area contributed by atoms with Gasteiger partial charge in [0.2, 0.25) is 0 Å². The first-order valence-electron chi connectivity index (χ1n) is 13.3. The number of nitrogens with one attached hydrogen (secondary N) is 1. The fraction of sp³-hybridized carbons (Fsp3) is 0.840. The molecule has 9 heteroatoms. The molecule has 2 aliphatic heterocycles. The van der Waals surface area contributed by atoms with Gasteiger partial charge in [-0.15, -0.1) is 0 Å². The van der Waals surface area contributed by atoms with Gasteiger partial charge >= 0.3 is 5.97 Å². The molecule has 0 fully saturated rings. The number of hydrogen-bond acceptors (Lipinski definition) is 8. The smallest absolute Gasteiger partial charge is 0.305 e. The second-order valence-electron chi connectivity index (χ2n) is 9.24. The zero-order chi connectivity index (χ0) is 24.4. The van der Waals surface area contributed by atoms with Crippen molar-refractivity contribution in [3.8, 4) is 0 Å². The topological polar surface area (TPSA) is 119 Å². The molecule has 0 aromatic carbocycles. The van der Waals surface area contributed by atoms with E-state index in [9.17, 15) is 9.59 Å². The fourth-order valence-electron chi connectivity index (χ4n) is 4.24. The van der Waals surface area contributed by atoms with Gasteiger partial charge in [-0.3, -0.25) is 19.9 Å². The van der Waals surface area contributed by atoms with Crippen molar-refractivity contribution in [3.63, 3.8) is 0 Å². The van der Waals surface area contributed by atoms with Crippen LogP contribution in [0.4, 0.5) is 0 Å². The largest absolute Gasteiger partial charge is 0.463 e. The van der Waals surface area contributed by atoms with Crippen LogP contribution < -0.4 is 11.1 Å². The van der Waals surface area contributed by atoms with E-state index in [2.05, 4.69) is 22.2 Å². The molecule has 0 saturated heterocycles. The maximum absolute atomic E-state index is 11.9. The van der Waals surface area contributed by atoms with Crippen molar-refractivity contribution >= 4 is 24.2 Å². The molecule has 0 radical (unpaired) electrons. The summed E-state index contributed by atoms with van der Waals surface area (Å²) in [5, 5.41) is 2.46. The Morgan fingerprint density at radius 3 is 2.18 bits per heavy atom. The molecule has 0 aliphatic carbocycles. The standard InChI is InChI=1S/C25H45N5O4/c1-2-3-4-5-6-7-8-9-10-11-12-13-14-15-16-21(31)34-18-17-33-20-30-19-27-22-23(30)28-25(26)29-24(22)32/h19,22-23H,2-18,20H2,1H3,(H3,26,28,29,32). The zero-order valence-corrected chi connectivity index (χ0v) is 21.0. The second kappa shape index (κ2) is 17.3. The minimum atomic E-state index is -0.598. The molecule has 0 spiro atoms.